The minimum absolute atomic E-state index is 0.00462. The van der Waals surface area contributed by atoms with E-state index in [1.807, 2.05) is 30.3 Å². The number of hydrogen-bond acceptors (Lipinski definition) is 4. The molecule has 1 aliphatic rings. The fraction of sp³-hybridized carbons (Fsp3) is 0.263. The van der Waals surface area contributed by atoms with Crippen LogP contribution < -0.4 is 0 Å². The van der Waals surface area contributed by atoms with Crippen LogP contribution >= 0.6 is 0 Å². The van der Waals surface area contributed by atoms with E-state index in [0.29, 0.717) is 24.5 Å². The Morgan fingerprint density at radius 3 is 2.80 bits per heavy atom. The van der Waals surface area contributed by atoms with Crippen LogP contribution in [0.15, 0.2) is 48.7 Å². The van der Waals surface area contributed by atoms with E-state index < -0.39 is 0 Å². The first kappa shape index (κ1) is 15.5. The van der Waals surface area contributed by atoms with Crippen LogP contribution in [0.3, 0.4) is 0 Å². The summed E-state index contributed by atoms with van der Waals surface area (Å²) >= 11 is 0. The average molecular weight is 334 g/mol. The molecule has 6 heteroatoms. The van der Waals surface area contributed by atoms with E-state index >= 15 is 0 Å². The van der Waals surface area contributed by atoms with Gasteiger partial charge in [-0.05, 0) is 31.0 Å². The normalized spacial score (nSPS) is 17.6. The number of carbonyl (C=O) groups excluding carboxylic acids is 2. The molecule has 1 aromatic carbocycles. The lowest BCUT2D eigenvalue weighted by atomic mass is 9.91. The first-order valence-electron chi connectivity index (χ1n) is 8.41. The quantitative estimate of drug-likeness (QED) is 0.747. The number of hydrogen-bond donors (Lipinski definition) is 1. The van der Waals surface area contributed by atoms with Gasteiger partial charge >= 0.3 is 0 Å². The number of Topliss-reactive ketones (excluding diaryl/α,β-unsaturated/α-hetero) is 1. The van der Waals surface area contributed by atoms with Gasteiger partial charge in [-0.3, -0.25) is 19.7 Å². The molecular formula is C19H18N4O2. The van der Waals surface area contributed by atoms with Gasteiger partial charge in [0.1, 0.15) is 5.69 Å². The molecule has 1 aliphatic heterocycles. The number of nitrogens with one attached hydrogen (secondary N) is 1. The largest absolute Gasteiger partial charge is 0.336 e. The number of likely N-dealkylation sites (tertiary alicyclic amines) is 1. The highest BCUT2D eigenvalue weighted by atomic mass is 16.2. The molecule has 2 aromatic heterocycles. The van der Waals surface area contributed by atoms with Gasteiger partial charge in [0.2, 0.25) is 0 Å². The van der Waals surface area contributed by atoms with Crippen molar-refractivity contribution in [2.75, 3.05) is 13.1 Å². The standard InChI is InChI=1S/C19H18N4O2/c24-18(16-9-3-4-10-20-16)13-6-5-11-23(12-13)19(25)17-14-7-1-2-8-15(14)21-22-17/h1-4,7-10,13H,5-6,11-12H2,(H,21,22)/t13-/m1/s1. The molecule has 0 aliphatic carbocycles. The van der Waals surface area contributed by atoms with Gasteiger partial charge in [-0.2, -0.15) is 5.10 Å². The summed E-state index contributed by atoms with van der Waals surface area (Å²) in [6.07, 6.45) is 3.20. The zero-order valence-corrected chi connectivity index (χ0v) is 13.7. The molecule has 0 unspecified atom stereocenters. The molecule has 0 radical (unpaired) electrons. The van der Waals surface area contributed by atoms with E-state index in [9.17, 15) is 9.59 Å². The Morgan fingerprint density at radius 1 is 1.12 bits per heavy atom. The van der Waals surface area contributed by atoms with Crippen molar-refractivity contribution in [3.63, 3.8) is 0 Å². The van der Waals surface area contributed by atoms with E-state index in [0.717, 1.165) is 23.7 Å². The number of carbonyl (C=O) groups is 2. The van der Waals surface area contributed by atoms with Crippen molar-refractivity contribution < 1.29 is 9.59 Å². The maximum absolute atomic E-state index is 12.9. The van der Waals surface area contributed by atoms with Crippen LogP contribution in [0.25, 0.3) is 10.9 Å². The number of pyridine rings is 1. The Morgan fingerprint density at radius 2 is 1.96 bits per heavy atom. The molecule has 1 N–H and O–H groups in total. The van der Waals surface area contributed by atoms with Crippen LogP contribution in [-0.2, 0) is 0 Å². The Labute approximate surface area is 144 Å². The molecule has 1 atom stereocenters. The van der Waals surface area contributed by atoms with Gasteiger partial charge in [-0.15, -0.1) is 0 Å². The van der Waals surface area contributed by atoms with E-state index in [2.05, 4.69) is 15.2 Å². The lowest BCUT2D eigenvalue weighted by Crippen LogP contribution is -2.42. The number of rotatable bonds is 3. The highest BCUT2D eigenvalue weighted by molar-refractivity contribution is 6.05. The van der Waals surface area contributed by atoms with E-state index in [1.54, 1.807) is 23.2 Å². The SMILES string of the molecule is O=C(c1ccccn1)[C@@H]1CCCN(C(=O)c2n[nH]c3ccccc23)C1. The van der Waals surface area contributed by atoms with Crippen LogP contribution in [-0.4, -0.2) is 44.9 Å². The van der Waals surface area contributed by atoms with Crippen LogP contribution in [0.5, 0.6) is 0 Å². The third kappa shape index (κ3) is 2.91. The van der Waals surface area contributed by atoms with Crippen molar-refractivity contribution >= 4 is 22.6 Å². The number of para-hydroxylation sites is 1. The second-order valence-electron chi connectivity index (χ2n) is 6.29. The van der Waals surface area contributed by atoms with Gasteiger partial charge in [0.15, 0.2) is 11.5 Å². The number of aromatic nitrogens is 3. The van der Waals surface area contributed by atoms with Crippen LogP contribution in [0.4, 0.5) is 0 Å². The molecule has 126 valence electrons. The molecule has 0 bridgehead atoms. The summed E-state index contributed by atoms with van der Waals surface area (Å²) in [4.78, 5) is 31.4. The number of ketones is 1. The number of fused-ring (bicyclic) bond motifs is 1. The number of piperidine rings is 1. The Kier molecular flexibility index (Phi) is 4.01. The minimum Gasteiger partial charge on any atom is -0.336 e. The Hall–Kier alpha value is -3.02. The minimum atomic E-state index is -0.210. The summed E-state index contributed by atoms with van der Waals surface area (Å²) < 4.78 is 0. The zero-order chi connectivity index (χ0) is 17.2. The Balaban J connectivity index is 1.55. The molecule has 3 aromatic rings. The second kappa shape index (κ2) is 6.47. The van der Waals surface area contributed by atoms with Gasteiger partial charge in [0.05, 0.1) is 5.52 Å². The molecule has 1 saturated heterocycles. The molecule has 4 rings (SSSR count). The van der Waals surface area contributed by atoms with Crippen LogP contribution in [0.2, 0.25) is 0 Å². The van der Waals surface area contributed by atoms with E-state index in [-0.39, 0.29) is 17.6 Å². The molecule has 0 saturated carbocycles. The number of amides is 1. The van der Waals surface area contributed by atoms with Crippen molar-refractivity contribution in [1.82, 2.24) is 20.1 Å². The third-order valence-corrected chi connectivity index (χ3v) is 4.67. The van der Waals surface area contributed by atoms with Gasteiger partial charge in [0, 0.05) is 30.6 Å². The smallest absolute Gasteiger partial charge is 0.275 e. The first-order valence-corrected chi connectivity index (χ1v) is 8.41. The van der Waals surface area contributed by atoms with Crippen molar-refractivity contribution in [1.29, 1.82) is 0 Å². The van der Waals surface area contributed by atoms with E-state index in [1.165, 1.54) is 0 Å². The van der Waals surface area contributed by atoms with Gasteiger partial charge in [0.25, 0.3) is 5.91 Å². The Bertz CT molecular complexity index is 919. The number of aromatic amines is 1. The fourth-order valence-corrected chi connectivity index (χ4v) is 3.37. The van der Waals surface area contributed by atoms with Crippen LogP contribution in [0.1, 0.15) is 33.8 Å². The molecule has 3 heterocycles. The summed E-state index contributed by atoms with van der Waals surface area (Å²) in [5, 5.41) is 7.89. The maximum Gasteiger partial charge on any atom is 0.275 e. The molecule has 6 nitrogen and oxygen atoms in total. The summed E-state index contributed by atoms with van der Waals surface area (Å²) in [5.41, 5.74) is 1.72. The second-order valence-corrected chi connectivity index (χ2v) is 6.29. The van der Waals surface area contributed by atoms with Crippen molar-refractivity contribution in [3.8, 4) is 0 Å². The predicted octanol–water partition coefficient (Wildman–Crippen LogP) is 2.69. The van der Waals surface area contributed by atoms with Gasteiger partial charge in [-0.1, -0.05) is 24.3 Å². The zero-order valence-electron chi connectivity index (χ0n) is 13.7. The lowest BCUT2D eigenvalue weighted by molar-refractivity contribution is 0.0632. The summed E-state index contributed by atoms with van der Waals surface area (Å²) in [5.74, 6) is -0.334. The monoisotopic (exact) mass is 334 g/mol. The van der Waals surface area contributed by atoms with Crippen molar-refractivity contribution in [2.24, 2.45) is 5.92 Å². The third-order valence-electron chi connectivity index (χ3n) is 4.67. The first-order chi connectivity index (χ1) is 12.2. The van der Waals surface area contributed by atoms with Crippen LogP contribution in [0, 0.1) is 5.92 Å². The highest BCUT2D eigenvalue weighted by Gasteiger charge is 2.31. The summed E-state index contributed by atoms with van der Waals surface area (Å²) in [7, 11) is 0. The van der Waals surface area contributed by atoms with Crippen molar-refractivity contribution in [2.45, 2.75) is 12.8 Å². The van der Waals surface area contributed by atoms with Gasteiger partial charge in [-0.25, -0.2) is 0 Å². The highest BCUT2D eigenvalue weighted by Crippen LogP contribution is 2.23. The fourth-order valence-electron chi connectivity index (χ4n) is 3.37. The molecule has 1 amide bonds. The number of H-pyrrole nitrogens is 1. The summed E-state index contributed by atoms with van der Waals surface area (Å²) in [6.45, 7) is 1.06. The van der Waals surface area contributed by atoms with E-state index in [4.69, 9.17) is 0 Å². The molecule has 25 heavy (non-hydrogen) atoms. The van der Waals surface area contributed by atoms with Crippen molar-refractivity contribution in [3.05, 3.63) is 60.0 Å². The molecule has 0 spiro atoms. The molecule has 1 fully saturated rings. The lowest BCUT2D eigenvalue weighted by Gasteiger charge is -2.31. The average Bonchev–Trinajstić information content (AvgIpc) is 3.12. The number of benzene rings is 1. The van der Waals surface area contributed by atoms with Gasteiger partial charge < -0.3 is 4.90 Å². The number of nitrogens with zero attached hydrogens (tertiary/aromatic N) is 3. The molecular weight excluding hydrogens is 316 g/mol. The topological polar surface area (TPSA) is 79.0 Å². The maximum atomic E-state index is 12.9. The summed E-state index contributed by atoms with van der Waals surface area (Å²) in [6, 6.07) is 12.9. The predicted molar refractivity (Wildman–Crippen MR) is 93.3 cm³/mol.